The molecule has 2 heterocycles. The normalized spacial score (nSPS) is 12.1. The Bertz CT molecular complexity index is 1030. The van der Waals surface area contributed by atoms with Crippen molar-refractivity contribution in [1.29, 1.82) is 0 Å². The third-order valence-corrected chi connectivity index (χ3v) is 4.10. The maximum atomic E-state index is 13.2. The van der Waals surface area contributed by atoms with E-state index >= 15 is 0 Å². The minimum Gasteiger partial charge on any atom is -0.343 e. The zero-order chi connectivity index (χ0) is 16.7. The van der Waals surface area contributed by atoms with Gasteiger partial charge in [0.05, 0.1) is 11.1 Å². The van der Waals surface area contributed by atoms with Crippen LogP contribution in [0.25, 0.3) is 21.8 Å². The van der Waals surface area contributed by atoms with E-state index in [0.29, 0.717) is 0 Å². The predicted octanol–water partition coefficient (Wildman–Crippen LogP) is 4.65. The van der Waals surface area contributed by atoms with Crippen LogP contribution in [-0.4, -0.2) is 14.5 Å². The smallest absolute Gasteiger partial charge is 0.343 e. The lowest BCUT2D eigenvalue weighted by Crippen LogP contribution is -2.11. The van der Waals surface area contributed by atoms with Crippen molar-refractivity contribution in [2.24, 2.45) is 0 Å². The number of halogens is 3. The van der Waals surface area contributed by atoms with Crippen LogP contribution < -0.4 is 0 Å². The molecule has 0 saturated heterocycles. The molecule has 4 rings (SSSR count). The maximum absolute atomic E-state index is 13.2. The van der Waals surface area contributed by atoms with Gasteiger partial charge in [-0.3, -0.25) is 0 Å². The highest BCUT2D eigenvalue weighted by molar-refractivity contribution is 6.04. The fourth-order valence-corrected chi connectivity index (χ4v) is 2.99. The molecule has 0 unspecified atom stereocenters. The van der Waals surface area contributed by atoms with Gasteiger partial charge in [-0.2, -0.15) is 13.2 Å². The van der Waals surface area contributed by atoms with Gasteiger partial charge in [0.1, 0.15) is 6.33 Å². The van der Waals surface area contributed by atoms with Crippen LogP contribution in [0.3, 0.4) is 0 Å². The van der Waals surface area contributed by atoms with Crippen molar-refractivity contribution in [1.82, 2.24) is 14.5 Å². The summed E-state index contributed by atoms with van der Waals surface area (Å²) in [6.45, 7) is 0.151. The Kier molecular flexibility index (Phi) is 3.26. The molecule has 0 aliphatic heterocycles. The number of fused-ring (bicyclic) bond motifs is 3. The summed E-state index contributed by atoms with van der Waals surface area (Å²) in [6, 6.07) is 11.3. The van der Waals surface area contributed by atoms with Crippen molar-refractivity contribution < 1.29 is 13.2 Å². The molecule has 0 N–H and O–H groups in total. The van der Waals surface area contributed by atoms with Crippen LogP contribution in [-0.2, 0) is 12.7 Å². The Morgan fingerprint density at radius 1 is 0.958 bits per heavy atom. The molecule has 6 heteroatoms. The Labute approximate surface area is 135 Å². The summed E-state index contributed by atoms with van der Waals surface area (Å²) in [6.07, 6.45) is 0.633. The third kappa shape index (κ3) is 2.40. The topological polar surface area (TPSA) is 30.7 Å². The van der Waals surface area contributed by atoms with Crippen LogP contribution in [0, 0.1) is 0 Å². The van der Waals surface area contributed by atoms with Crippen molar-refractivity contribution in [3.8, 4) is 0 Å². The van der Waals surface area contributed by atoms with E-state index in [9.17, 15) is 13.2 Å². The van der Waals surface area contributed by atoms with E-state index in [2.05, 4.69) is 9.97 Å². The molecule has 2 aromatic heterocycles. The van der Waals surface area contributed by atoms with E-state index in [1.807, 2.05) is 22.8 Å². The average Bonchev–Trinajstić information content (AvgIpc) is 2.98. The van der Waals surface area contributed by atoms with Gasteiger partial charge in [0.2, 0.25) is 0 Å². The molecule has 0 bridgehead atoms. The number of aromatic nitrogens is 3. The second-order valence-corrected chi connectivity index (χ2v) is 5.55. The lowest BCUT2D eigenvalue weighted by molar-refractivity contribution is -0.138. The number of benzene rings is 2. The van der Waals surface area contributed by atoms with Gasteiger partial charge in [0.15, 0.2) is 0 Å². The molecule has 0 aliphatic carbocycles. The van der Waals surface area contributed by atoms with Crippen LogP contribution in [0.2, 0.25) is 0 Å². The molecular weight excluding hydrogens is 315 g/mol. The molecule has 120 valence electrons. The number of rotatable bonds is 2. The monoisotopic (exact) mass is 327 g/mol. The molecular formula is C18H12F3N3. The molecule has 0 aliphatic rings. The van der Waals surface area contributed by atoms with E-state index in [1.54, 1.807) is 18.5 Å². The van der Waals surface area contributed by atoms with Crippen LogP contribution in [0.1, 0.15) is 11.1 Å². The molecule has 3 nitrogen and oxygen atoms in total. The summed E-state index contributed by atoms with van der Waals surface area (Å²) in [7, 11) is 0. The molecule has 0 spiro atoms. The summed E-state index contributed by atoms with van der Waals surface area (Å²) in [5.74, 6) is 0. The highest BCUT2D eigenvalue weighted by Gasteiger charge is 2.32. The first-order valence-corrected chi connectivity index (χ1v) is 7.37. The van der Waals surface area contributed by atoms with Gasteiger partial charge < -0.3 is 4.57 Å². The Balaban J connectivity index is 1.83. The third-order valence-electron chi connectivity index (χ3n) is 4.10. The Morgan fingerprint density at radius 2 is 1.79 bits per heavy atom. The summed E-state index contributed by atoms with van der Waals surface area (Å²) in [5.41, 5.74) is 1.31. The molecule has 0 atom stereocenters. The number of nitrogens with zero attached hydrogens (tertiary/aromatic N) is 3. The minimum absolute atomic E-state index is 0.151. The standard InChI is InChI=1S/C18H12F3N3/c19-18(20,21)15-4-2-1-3-12(15)10-24-8-7-13-14-9-22-11-23-16(14)5-6-17(13)24/h1-9,11H,10H2. The lowest BCUT2D eigenvalue weighted by atomic mass is 10.1. The lowest BCUT2D eigenvalue weighted by Gasteiger charge is -2.14. The van der Waals surface area contributed by atoms with Gasteiger partial charge in [-0.25, -0.2) is 9.97 Å². The van der Waals surface area contributed by atoms with Crippen molar-refractivity contribution in [3.05, 3.63) is 72.3 Å². The Morgan fingerprint density at radius 3 is 2.62 bits per heavy atom. The summed E-state index contributed by atoms with van der Waals surface area (Å²) in [5, 5.41) is 1.82. The van der Waals surface area contributed by atoms with Gasteiger partial charge in [-0.15, -0.1) is 0 Å². The first-order valence-electron chi connectivity index (χ1n) is 7.37. The number of alkyl halides is 3. The first-order chi connectivity index (χ1) is 11.5. The molecule has 0 amide bonds. The molecule has 0 saturated carbocycles. The summed E-state index contributed by atoms with van der Waals surface area (Å²) < 4.78 is 41.3. The minimum atomic E-state index is -4.36. The van der Waals surface area contributed by atoms with Gasteiger partial charge in [0, 0.05) is 35.2 Å². The van der Waals surface area contributed by atoms with E-state index in [4.69, 9.17) is 0 Å². The molecule has 24 heavy (non-hydrogen) atoms. The predicted molar refractivity (Wildman–Crippen MR) is 85.6 cm³/mol. The second kappa shape index (κ2) is 5.33. The highest BCUT2D eigenvalue weighted by atomic mass is 19.4. The van der Waals surface area contributed by atoms with Crippen molar-refractivity contribution in [3.63, 3.8) is 0 Å². The van der Waals surface area contributed by atoms with Crippen molar-refractivity contribution >= 4 is 21.8 Å². The van der Waals surface area contributed by atoms with Gasteiger partial charge >= 0.3 is 6.18 Å². The average molecular weight is 327 g/mol. The largest absolute Gasteiger partial charge is 0.416 e. The Hall–Kier alpha value is -2.89. The van der Waals surface area contributed by atoms with Crippen molar-refractivity contribution in [2.75, 3.05) is 0 Å². The maximum Gasteiger partial charge on any atom is 0.416 e. The van der Waals surface area contributed by atoms with E-state index in [1.165, 1.54) is 18.5 Å². The van der Waals surface area contributed by atoms with Crippen LogP contribution >= 0.6 is 0 Å². The molecule has 2 aromatic carbocycles. The zero-order valence-electron chi connectivity index (χ0n) is 12.5. The van der Waals surface area contributed by atoms with Crippen LogP contribution in [0.5, 0.6) is 0 Å². The number of hydrogen-bond donors (Lipinski definition) is 0. The number of hydrogen-bond acceptors (Lipinski definition) is 2. The highest BCUT2D eigenvalue weighted by Crippen LogP contribution is 2.33. The molecule has 0 fully saturated rings. The summed E-state index contributed by atoms with van der Waals surface area (Å²) >= 11 is 0. The van der Waals surface area contributed by atoms with Gasteiger partial charge in [-0.05, 0) is 29.8 Å². The SMILES string of the molecule is FC(F)(F)c1ccccc1Cn1ccc2c3cncnc3ccc21. The molecule has 4 aromatic rings. The van der Waals surface area contributed by atoms with Crippen LogP contribution in [0.4, 0.5) is 13.2 Å². The van der Waals surface area contributed by atoms with Crippen molar-refractivity contribution in [2.45, 2.75) is 12.7 Å². The second-order valence-electron chi connectivity index (χ2n) is 5.55. The fourth-order valence-electron chi connectivity index (χ4n) is 2.99. The zero-order valence-corrected chi connectivity index (χ0v) is 12.5. The van der Waals surface area contributed by atoms with Crippen LogP contribution in [0.15, 0.2) is 61.2 Å². The fraction of sp³-hybridized carbons (Fsp3) is 0.111. The van der Waals surface area contributed by atoms with Gasteiger partial charge in [0.25, 0.3) is 0 Å². The van der Waals surface area contributed by atoms with E-state index < -0.39 is 11.7 Å². The quantitative estimate of drug-likeness (QED) is 0.536. The first kappa shape index (κ1) is 14.7. The van der Waals surface area contributed by atoms with E-state index in [0.717, 1.165) is 27.9 Å². The van der Waals surface area contributed by atoms with Gasteiger partial charge in [-0.1, -0.05) is 18.2 Å². The molecule has 0 radical (unpaired) electrons. The van der Waals surface area contributed by atoms with E-state index in [-0.39, 0.29) is 12.1 Å². The summed E-state index contributed by atoms with van der Waals surface area (Å²) in [4.78, 5) is 8.24.